The van der Waals surface area contributed by atoms with E-state index in [9.17, 15) is 4.79 Å². The fourth-order valence-corrected chi connectivity index (χ4v) is 5.40. The van der Waals surface area contributed by atoms with Gasteiger partial charge in [-0.3, -0.25) is 4.79 Å². The SMILES string of the molecule is CN(CCCN)CCCNC(=O)CSC(c1ccccc1)(c1ccccc1)c1ccccc1. The number of rotatable bonds is 13. The van der Waals surface area contributed by atoms with Crippen molar-refractivity contribution in [3.8, 4) is 0 Å². The number of thioether (sulfide) groups is 1. The molecular formula is C28H35N3OS. The molecule has 0 saturated carbocycles. The van der Waals surface area contributed by atoms with Gasteiger partial charge in [-0.05, 0) is 56.2 Å². The second kappa shape index (κ2) is 13.2. The maximum atomic E-state index is 12.8. The summed E-state index contributed by atoms with van der Waals surface area (Å²) in [6.07, 6.45) is 1.93. The van der Waals surface area contributed by atoms with Gasteiger partial charge < -0.3 is 16.0 Å². The predicted octanol–water partition coefficient (Wildman–Crippen LogP) is 4.50. The molecule has 0 bridgehead atoms. The van der Waals surface area contributed by atoms with E-state index in [1.54, 1.807) is 11.8 Å². The number of carbonyl (C=O) groups excluding carboxylic acids is 1. The highest BCUT2D eigenvalue weighted by molar-refractivity contribution is 8.01. The molecule has 4 nitrogen and oxygen atoms in total. The lowest BCUT2D eigenvalue weighted by molar-refractivity contribution is -0.118. The van der Waals surface area contributed by atoms with Gasteiger partial charge in [-0.15, -0.1) is 11.8 Å². The van der Waals surface area contributed by atoms with Crippen molar-refractivity contribution in [2.24, 2.45) is 5.73 Å². The van der Waals surface area contributed by atoms with Gasteiger partial charge in [0.25, 0.3) is 0 Å². The maximum Gasteiger partial charge on any atom is 0.230 e. The van der Waals surface area contributed by atoms with Gasteiger partial charge in [-0.1, -0.05) is 91.0 Å². The number of nitrogens with one attached hydrogen (secondary N) is 1. The molecule has 0 aromatic heterocycles. The van der Waals surface area contributed by atoms with Crippen molar-refractivity contribution in [1.82, 2.24) is 10.2 Å². The first-order valence-corrected chi connectivity index (χ1v) is 12.6. The molecule has 33 heavy (non-hydrogen) atoms. The van der Waals surface area contributed by atoms with Crippen LogP contribution in [0.5, 0.6) is 0 Å². The Bertz CT molecular complexity index is 854. The van der Waals surface area contributed by atoms with Crippen LogP contribution in [0.4, 0.5) is 0 Å². The van der Waals surface area contributed by atoms with E-state index in [0.717, 1.165) is 25.9 Å². The van der Waals surface area contributed by atoms with Gasteiger partial charge in [0, 0.05) is 6.54 Å². The van der Waals surface area contributed by atoms with Crippen molar-refractivity contribution in [3.63, 3.8) is 0 Å². The molecular weight excluding hydrogens is 426 g/mol. The molecule has 0 heterocycles. The van der Waals surface area contributed by atoms with Gasteiger partial charge in [-0.2, -0.15) is 0 Å². The Morgan fingerprint density at radius 3 is 1.73 bits per heavy atom. The summed E-state index contributed by atoms with van der Waals surface area (Å²) in [5.41, 5.74) is 9.08. The van der Waals surface area contributed by atoms with Crippen LogP contribution in [0.25, 0.3) is 0 Å². The normalized spacial score (nSPS) is 11.5. The molecule has 3 aromatic rings. The van der Waals surface area contributed by atoms with Crippen LogP contribution in [0, 0.1) is 0 Å². The van der Waals surface area contributed by atoms with Crippen LogP contribution in [-0.2, 0) is 9.54 Å². The molecule has 0 spiro atoms. The van der Waals surface area contributed by atoms with Crippen LogP contribution in [0.3, 0.4) is 0 Å². The molecule has 0 aliphatic rings. The third kappa shape index (κ3) is 6.94. The van der Waals surface area contributed by atoms with Gasteiger partial charge in [0.2, 0.25) is 5.91 Å². The molecule has 174 valence electrons. The third-order valence-corrected chi connectivity index (χ3v) is 7.29. The number of amides is 1. The van der Waals surface area contributed by atoms with Gasteiger partial charge >= 0.3 is 0 Å². The second-order valence-electron chi connectivity index (χ2n) is 8.22. The van der Waals surface area contributed by atoms with Crippen molar-refractivity contribution >= 4 is 17.7 Å². The van der Waals surface area contributed by atoms with Crippen molar-refractivity contribution < 1.29 is 4.79 Å². The summed E-state index contributed by atoms with van der Waals surface area (Å²) in [6.45, 7) is 3.34. The highest BCUT2D eigenvalue weighted by Gasteiger charge is 2.37. The zero-order valence-electron chi connectivity index (χ0n) is 19.5. The van der Waals surface area contributed by atoms with Gasteiger partial charge in [0.05, 0.1) is 10.5 Å². The van der Waals surface area contributed by atoms with Crippen LogP contribution in [-0.4, -0.2) is 49.8 Å². The van der Waals surface area contributed by atoms with Crippen molar-refractivity contribution in [2.75, 3.05) is 39.0 Å². The molecule has 5 heteroatoms. The Labute approximate surface area is 202 Å². The third-order valence-electron chi connectivity index (χ3n) is 5.74. The molecule has 0 saturated heterocycles. The van der Waals surface area contributed by atoms with Crippen molar-refractivity contribution in [3.05, 3.63) is 108 Å². The summed E-state index contributed by atoms with van der Waals surface area (Å²) in [6, 6.07) is 31.4. The second-order valence-corrected chi connectivity index (χ2v) is 9.41. The number of nitrogens with two attached hydrogens (primary N) is 1. The summed E-state index contributed by atoms with van der Waals surface area (Å²) in [5, 5.41) is 3.11. The van der Waals surface area contributed by atoms with Gasteiger partial charge in [0.15, 0.2) is 0 Å². The summed E-state index contributed by atoms with van der Waals surface area (Å²) >= 11 is 1.68. The molecule has 3 N–H and O–H groups in total. The summed E-state index contributed by atoms with van der Waals surface area (Å²) < 4.78 is -0.469. The molecule has 1 amide bonds. The predicted molar refractivity (Wildman–Crippen MR) is 140 cm³/mol. The molecule has 3 aromatic carbocycles. The lowest BCUT2D eigenvalue weighted by Gasteiger charge is -2.35. The summed E-state index contributed by atoms with van der Waals surface area (Å²) in [5.74, 6) is 0.443. The Kier molecular flexibility index (Phi) is 10.0. The average Bonchev–Trinajstić information content (AvgIpc) is 2.88. The van der Waals surface area contributed by atoms with E-state index in [-0.39, 0.29) is 5.91 Å². The summed E-state index contributed by atoms with van der Waals surface area (Å²) in [4.78, 5) is 15.1. The van der Waals surface area contributed by atoms with Crippen LogP contribution >= 0.6 is 11.8 Å². The highest BCUT2D eigenvalue weighted by atomic mass is 32.2. The highest BCUT2D eigenvalue weighted by Crippen LogP contribution is 2.48. The van der Waals surface area contributed by atoms with Crippen LogP contribution in [0.15, 0.2) is 91.0 Å². The Balaban J connectivity index is 1.75. The number of carbonyl (C=O) groups is 1. The topological polar surface area (TPSA) is 58.4 Å². The minimum atomic E-state index is -0.469. The molecule has 0 atom stereocenters. The largest absolute Gasteiger partial charge is 0.355 e. The first-order valence-electron chi connectivity index (χ1n) is 11.6. The Hall–Kier alpha value is -2.60. The zero-order valence-corrected chi connectivity index (χ0v) is 20.3. The fourth-order valence-electron chi connectivity index (χ4n) is 4.04. The lowest BCUT2D eigenvalue weighted by Crippen LogP contribution is -2.33. The summed E-state index contributed by atoms with van der Waals surface area (Å²) in [7, 11) is 2.10. The van der Waals surface area contributed by atoms with E-state index in [2.05, 4.69) is 90.1 Å². The molecule has 0 radical (unpaired) electrons. The molecule has 0 aliphatic heterocycles. The number of nitrogens with zero attached hydrogens (tertiary/aromatic N) is 1. The van der Waals surface area contributed by atoms with Crippen LogP contribution in [0.1, 0.15) is 29.5 Å². The van der Waals surface area contributed by atoms with Crippen molar-refractivity contribution in [1.29, 1.82) is 0 Å². The first kappa shape index (κ1) is 25.0. The monoisotopic (exact) mass is 461 g/mol. The van der Waals surface area contributed by atoms with Gasteiger partial charge in [-0.25, -0.2) is 0 Å². The van der Waals surface area contributed by atoms with E-state index in [4.69, 9.17) is 5.73 Å². The zero-order chi connectivity index (χ0) is 23.4. The molecule has 0 unspecified atom stereocenters. The van der Waals surface area contributed by atoms with E-state index in [1.165, 1.54) is 16.7 Å². The van der Waals surface area contributed by atoms with E-state index in [0.29, 0.717) is 18.8 Å². The molecule has 0 fully saturated rings. The number of hydrogen-bond donors (Lipinski definition) is 2. The Morgan fingerprint density at radius 1 is 0.818 bits per heavy atom. The lowest BCUT2D eigenvalue weighted by atomic mass is 9.84. The van der Waals surface area contributed by atoms with E-state index in [1.807, 2.05) is 18.2 Å². The molecule has 0 aliphatic carbocycles. The van der Waals surface area contributed by atoms with E-state index < -0.39 is 4.75 Å². The fraction of sp³-hybridized carbons (Fsp3) is 0.321. The van der Waals surface area contributed by atoms with Crippen LogP contribution < -0.4 is 11.1 Å². The van der Waals surface area contributed by atoms with Gasteiger partial charge in [0.1, 0.15) is 0 Å². The number of hydrogen-bond acceptors (Lipinski definition) is 4. The smallest absolute Gasteiger partial charge is 0.230 e. The minimum Gasteiger partial charge on any atom is -0.355 e. The van der Waals surface area contributed by atoms with E-state index >= 15 is 0 Å². The number of benzene rings is 3. The molecule has 3 rings (SSSR count). The quantitative estimate of drug-likeness (QED) is 0.291. The van der Waals surface area contributed by atoms with Crippen LogP contribution in [0.2, 0.25) is 0 Å². The standard InChI is InChI=1S/C28H35N3OS/c1-31(21-11-19-29)22-12-20-30-27(32)23-33-28(24-13-5-2-6-14-24,25-15-7-3-8-16-25)26-17-9-4-10-18-26/h2-10,13-18H,11-12,19-23,29H2,1H3,(H,30,32). The maximum absolute atomic E-state index is 12.8. The average molecular weight is 462 g/mol. The minimum absolute atomic E-state index is 0.0665. The first-order chi connectivity index (χ1) is 16.2. The van der Waals surface area contributed by atoms with Crippen molar-refractivity contribution in [2.45, 2.75) is 17.6 Å². The Morgan fingerprint density at radius 2 is 1.27 bits per heavy atom.